The van der Waals surface area contributed by atoms with Crippen molar-refractivity contribution in [3.05, 3.63) is 26.8 Å². The maximum atomic E-state index is 6.13. The van der Waals surface area contributed by atoms with E-state index in [4.69, 9.17) is 11.6 Å². The molecule has 0 bridgehead atoms. The SMILES string of the molecule is CCCn1cc(-c2nc(Cl)c(I)c(CC)n2)cn1. The molecule has 2 rings (SSSR count). The second-order valence-corrected chi connectivity index (χ2v) is 5.38. The Bertz CT molecular complexity index is 553. The first-order valence-corrected chi connectivity index (χ1v) is 7.36. The minimum Gasteiger partial charge on any atom is -0.272 e. The highest BCUT2D eigenvalue weighted by molar-refractivity contribution is 14.1. The monoisotopic (exact) mass is 376 g/mol. The van der Waals surface area contributed by atoms with Crippen molar-refractivity contribution in [2.75, 3.05) is 0 Å². The topological polar surface area (TPSA) is 43.6 Å². The Balaban J connectivity index is 2.40. The molecule has 0 aliphatic heterocycles. The van der Waals surface area contributed by atoms with Gasteiger partial charge in [0, 0.05) is 12.7 Å². The molecule has 0 radical (unpaired) electrons. The first-order valence-electron chi connectivity index (χ1n) is 5.90. The molecule has 0 saturated carbocycles. The van der Waals surface area contributed by atoms with Crippen LogP contribution >= 0.6 is 34.2 Å². The highest BCUT2D eigenvalue weighted by atomic mass is 127. The third kappa shape index (κ3) is 2.83. The highest BCUT2D eigenvalue weighted by Gasteiger charge is 2.12. The van der Waals surface area contributed by atoms with Crippen molar-refractivity contribution in [3.63, 3.8) is 0 Å². The van der Waals surface area contributed by atoms with Gasteiger partial charge in [-0.1, -0.05) is 25.4 Å². The van der Waals surface area contributed by atoms with E-state index in [1.165, 1.54) is 0 Å². The fourth-order valence-electron chi connectivity index (χ4n) is 1.66. The van der Waals surface area contributed by atoms with Crippen LogP contribution in [0.4, 0.5) is 0 Å². The van der Waals surface area contributed by atoms with Gasteiger partial charge in [-0.15, -0.1) is 0 Å². The summed E-state index contributed by atoms with van der Waals surface area (Å²) in [6, 6.07) is 0. The summed E-state index contributed by atoms with van der Waals surface area (Å²) in [5, 5.41) is 4.80. The van der Waals surface area contributed by atoms with E-state index in [2.05, 4.69) is 51.5 Å². The van der Waals surface area contributed by atoms with Gasteiger partial charge in [-0.3, -0.25) is 4.68 Å². The van der Waals surface area contributed by atoms with E-state index in [1.54, 1.807) is 6.20 Å². The van der Waals surface area contributed by atoms with Gasteiger partial charge in [-0.2, -0.15) is 5.10 Å². The number of nitrogens with zero attached hydrogens (tertiary/aromatic N) is 4. The van der Waals surface area contributed by atoms with Crippen LogP contribution < -0.4 is 0 Å². The van der Waals surface area contributed by atoms with E-state index in [0.717, 1.165) is 34.2 Å². The van der Waals surface area contributed by atoms with E-state index < -0.39 is 0 Å². The van der Waals surface area contributed by atoms with Gasteiger partial charge >= 0.3 is 0 Å². The Morgan fingerprint density at radius 1 is 1.33 bits per heavy atom. The predicted molar refractivity (Wildman–Crippen MR) is 80.6 cm³/mol. The van der Waals surface area contributed by atoms with Gasteiger partial charge in [0.25, 0.3) is 0 Å². The molecule has 2 heterocycles. The molecule has 18 heavy (non-hydrogen) atoms. The Morgan fingerprint density at radius 3 is 2.78 bits per heavy atom. The van der Waals surface area contributed by atoms with Crippen LogP contribution in [-0.2, 0) is 13.0 Å². The van der Waals surface area contributed by atoms with Crippen molar-refractivity contribution >= 4 is 34.2 Å². The normalized spacial score (nSPS) is 10.9. The summed E-state index contributed by atoms with van der Waals surface area (Å²) in [7, 11) is 0. The fourth-order valence-corrected chi connectivity index (χ4v) is 2.47. The molecule has 4 nitrogen and oxygen atoms in total. The van der Waals surface area contributed by atoms with Gasteiger partial charge in [0.1, 0.15) is 5.15 Å². The average molecular weight is 377 g/mol. The van der Waals surface area contributed by atoms with Crippen LogP contribution in [0, 0.1) is 3.57 Å². The second kappa shape index (κ2) is 5.97. The molecule has 0 aromatic carbocycles. The molecule has 0 aliphatic rings. The summed E-state index contributed by atoms with van der Waals surface area (Å²) in [4.78, 5) is 8.86. The zero-order chi connectivity index (χ0) is 13.1. The van der Waals surface area contributed by atoms with Gasteiger partial charge in [0.2, 0.25) is 0 Å². The van der Waals surface area contributed by atoms with Gasteiger partial charge in [0.05, 0.1) is 21.0 Å². The minimum absolute atomic E-state index is 0.515. The molecule has 0 aliphatic carbocycles. The molecule has 0 amide bonds. The number of hydrogen-bond acceptors (Lipinski definition) is 3. The zero-order valence-corrected chi connectivity index (χ0v) is 13.2. The van der Waals surface area contributed by atoms with Crippen LogP contribution in [0.25, 0.3) is 11.4 Å². The van der Waals surface area contributed by atoms with Crippen molar-refractivity contribution in [1.29, 1.82) is 0 Å². The largest absolute Gasteiger partial charge is 0.272 e. The van der Waals surface area contributed by atoms with Crippen LogP contribution in [0.2, 0.25) is 5.15 Å². The van der Waals surface area contributed by atoms with Crippen molar-refractivity contribution in [3.8, 4) is 11.4 Å². The van der Waals surface area contributed by atoms with Crippen LogP contribution in [0.1, 0.15) is 26.0 Å². The molecule has 0 N–H and O–H groups in total. The third-order valence-electron chi connectivity index (χ3n) is 2.56. The number of aromatic nitrogens is 4. The van der Waals surface area contributed by atoms with E-state index >= 15 is 0 Å². The molecule has 0 atom stereocenters. The van der Waals surface area contributed by atoms with Crippen molar-refractivity contribution in [2.24, 2.45) is 0 Å². The summed E-state index contributed by atoms with van der Waals surface area (Å²) in [5.74, 6) is 0.652. The molecule has 0 unspecified atom stereocenters. The number of halogens is 2. The van der Waals surface area contributed by atoms with Crippen molar-refractivity contribution in [1.82, 2.24) is 19.7 Å². The quantitative estimate of drug-likeness (QED) is 0.605. The zero-order valence-electron chi connectivity index (χ0n) is 10.3. The summed E-state index contributed by atoms with van der Waals surface area (Å²) < 4.78 is 2.83. The number of rotatable bonds is 4. The highest BCUT2D eigenvalue weighted by Crippen LogP contribution is 2.23. The smallest absolute Gasteiger partial charge is 0.164 e. The van der Waals surface area contributed by atoms with Crippen molar-refractivity contribution < 1.29 is 0 Å². The third-order valence-corrected chi connectivity index (χ3v) is 4.28. The van der Waals surface area contributed by atoms with E-state index in [-0.39, 0.29) is 0 Å². The molecular weight excluding hydrogens is 363 g/mol. The molecule has 2 aromatic heterocycles. The lowest BCUT2D eigenvalue weighted by Crippen LogP contribution is -1.99. The molecule has 2 aromatic rings. The Morgan fingerprint density at radius 2 is 2.11 bits per heavy atom. The lowest BCUT2D eigenvalue weighted by Gasteiger charge is -2.04. The number of aryl methyl sites for hydroxylation is 2. The van der Waals surface area contributed by atoms with Gasteiger partial charge in [0.15, 0.2) is 5.82 Å². The molecule has 6 heteroatoms. The Kier molecular flexibility index (Phi) is 4.55. The lowest BCUT2D eigenvalue weighted by molar-refractivity contribution is 0.603. The van der Waals surface area contributed by atoms with E-state index in [9.17, 15) is 0 Å². The summed E-state index contributed by atoms with van der Waals surface area (Å²) in [6.45, 7) is 5.08. The van der Waals surface area contributed by atoms with Crippen LogP contribution in [-0.4, -0.2) is 19.7 Å². The van der Waals surface area contributed by atoms with Crippen LogP contribution in [0.3, 0.4) is 0 Å². The summed E-state index contributed by atoms with van der Waals surface area (Å²) >= 11 is 8.31. The van der Waals surface area contributed by atoms with Gasteiger partial charge in [-0.25, -0.2) is 9.97 Å². The Hall–Kier alpha value is -0.690. The van der Waals surface area contributed by atoms with E-state index in [0.29, 0.717) is 11.0 Å². The molecule has 96 valence electrons. The van der Waals surface area contributed by atoms with E-state index in [1.807, 2.05) is 10.9 Å². The van der Waals surface area contributed by atoms with Crippen molar-refractivity contribution in [2.45, 2.75) is 33.2 Å². The van der Waals surface area contributed by atoms with Crippen LogP contribution in [0.5, 0.6) is 0 Å². The first kappa shape index (κ1) is 13.7. The number of hydrogen-bond donors (Lipinski definition) is 0. The maximum absolute atomic E-state index is 6.13. The average Bonchev–Trinajstić information content (AvgIpc) is 2.81. The summed E-state index contributed by atoms with van der Waals surface area (Å²) in [5.41, 5.74) is 1.89. The molecule has 0 fully saturated rings. The second-order valence-electron chi connectivity index (χ2n) is 3.94. The summed E-state index contributed by atoms with van der Waals surface area (Å²) in [6.07, 6.45) is 5.64. The predicted octanol–water partition coefficient (Wildman–Crippen LogP) is 3.57. The molecule has 0 saturated heterocycles. The Labute approximate surface area is 125 Å². The molecular formula is C12H14ClIN4. The molecule has 0 spiro atoms. The van der Waals surface area contributed by atoms with Crippen LogP contribution in [0.15, 0.2) is 12.4 Å². The van der Waals surface area contributed by atoms with Gasteiger partial charge < -0.3 is 0 Å². The minimum atomic E-state index is 0.515. The first-order chi connectivity index (χ1) is 8.65. The maximum Gasteiger partial charge on any atom is 0.164 e. The van der Waals surface area contributed by atoms with Gasteiger partial charge in [-0.05, 0) is 35.4 Å². The lowest BCUT2D eigenvalue weighted by atomic mass is 10.3. The standard InChI is InChI=1S/C12H14ClIN4/c1-3-5-18-7-8(6-15-18)12-16-9(4-2)10(14)11(13)17-12/h6-7H,3-5H2,1-2H3. The fraction of sp³-hybridized carbons (Fsp3) is 0.417.